The van der Waals surface area contributed by atoms with E-state index in [0.717, 1.165) is 11.0 Å². The van der Waals surface area contributed by atoms with Gasteiger partial charge in [0.1, 0.15) is 0 Å². The van der Waals surface area contributed by atoms with Crippen molar-refractivity contribution in [2.24, 2.45) is 5.84 Å². The number of rotatable bonds is 2. The van der Waals surface area contributed by atoms with Crippen molar-refractivity contribution < 1.29 is 13.2 Å². The average molecular weight is 222 g/mol. The molecule has 14 heavy (non-hydrogen) atoms. The monoisotopic (exact) mass is 222 g/mol. The molecule has 0 heterocycles. The number of halogens is 3. The molecule has 0 aliphatic rings. The Kier molecular flexibility index (Phi) is 3.28. The summed E-state index contributed by atoms with van der Waals surface area (Å²) in [5, 5.41) is 0. The van der Waals surface area contributed by atoms with Crippen molar-refractivity contribution in [1.82, 2.24) is 0 Å². The Hall–Kier alpha value is -0.880. The molecule has 0 radical (unpaired) electrons. The Morgan fingerprint density at radius 2 is 2.00 bits per heavy atom. The summed E-state index contributed by atoms with van der Waals surface area (Å²) in [6, 6.07) is 3.79. The van der Waals surface area contributed by atoms with Gasteiger partial charge in [-0.25, -0.2) is 0 Å². The second kappa shape index (κ2) is 4.10. The summed E-state index contributed by atoms with van der Waals surface area (Å²) in [7, 11) is 0. The van der Waals surface area contributed by atoms with Crippen molar-refractivity contribution in [3.63, 3.8) is 0 Å². The maximum absolute atomic E-state index is 12.4. The quantitative estimate of drug-likeness (QED) is 0.459. The van der Waals surface area contributed by atoms with Crippen LogP contribution in [-0.2, 0) is 6.18 Å². The Labute approximate surface area is 83.6 Å². The van der Waals surface area contributed by atoms with Crippen molar-refractivity contribution >= 4 is 17.4 Å². The van der Waals surface area contributed by atoms with E-state index in [-0.39, 0.29) is 5.69 Å². The molecule has 0 saturated carbocycles. The van der Waals surface area contributed by atoms with E-state index in [0.29, 0.717) is 0 Å². The molecule has 0 bridgehead atoms. The van der Waals surface area contributed by atoms with Crippen LogP contribution in [0.3, 0.4) is 0 Å². The lowest BCUT2D eigenvalue weighted by atomic mass is 10.2. The molecule has 6 heteroatoms. The van der Waals surface area contributed by atoms with Crippen LogP contribution >= 0.6 is 11.8 Å². The number of alkyl halides is 3. The zero-order valence-electron chi connectivity index (χ0n) is 7.35. The van der Waals surface area contributed by atoms with Gasteiger partial charge in [0.05, 0.1) is 11.3 Å². The van der Waals surface area contributed by atoms with E-state index in [4.69, 9.17) is 5.84 Å². The van der Waals surface area contributed by atoms with Crippen LogP contribution in [0.1, 0.15) is 5.56 Å². The normalized spacial score (nSPS) is 11.5. The third-order valence-corrected chi connectivity index (χ3v) is 2.41. The van der Waals surface area contributed by atoms with E-state index < -0.39 is 11.7 Å². The lowest BCUT2D eigenvalue weighted by molar-refractivity contribution is -0.137. The number of hydrogen-bond donors (Lipinski definition) is 2. The third kappa shape index (κ3) is 2.33. The number of nitrogens with two attached hydrogens (primary N) is 1. The summed E-state index contributed by atoms with van der Waals surface area (Å²) in [4.78, 5) is 0.728. The van der Waals surface area contributed by atoms with Crippen LogP contribution in [0.15, 0.2) is 23.1 Å². The summed E-state index contributed by atoms with van der Waals surface area (Å²) in [5.41, 5.74) is 1.18. The first-order valence-corrected chi connectivity index (χ1v) is 4.93. The minimum Gasteiger partial charge on any atom is -0.323 e. The maximum atomic E-state index is 12.4. The smallest absolute Gasteiger partial charge is 0.323 e. The standard InChI is InChI=1S/C8H9F3N2S/c1-14-5-2-3-6(8(9,10)11)7(4-5)13-12/h2-4,13H,12H2,1H3. The van der Waals surface area contributed by atoms with Crippen LogP contribution in [0.4, 0.5) is 18.9 Å². The number of nitrogens with one attached hydrogen (secondary N) is 1. The van der Waals surface area contributed by atoms with Gasteiger partial charge in [0.15, 0.2) is 0 Å². The van der Waals surface area contributed by atoms with Crippen LogP contribution in [0.25, 0.3) is 0 Å². The van der Waals surface area contributed by atoms with Gasteiger partial charge in [-0.05, 0) is 24.5 Å². The predicted octanol–water partition coefficient (Wildman–Crippen LogP) is 2.71. The molecule has 78 valence electrons. The fraction of sp³-hybridized carbons (Fsp3) is 0.250. The molecule has 0 atom stereocenters. The van der Waals surface area contributed by atoms with Crippen LogP contribution in [0, 0.1) is 0 Å². The summed E-state index contributed by atoms with van der Waals surface area (Å²) >= 11 is 1.35. The van der Waals surface area contributed by atoms with E-state index in [1.807, 2.05) is 5.43 Å². The number of benzene rings is 1. The van der Waals surface area contributed by atoms with Gasteiger partial charge in [0.2, 0.25) is 0 Å². The van der Waals surface area contributed by atoms with E-state index in [2.05, 4.69) is 0 Å². The number of anilines is 1. The van der Waals surface area contributed by atoms with Crippen molar-refractivity contribution in [2.75, 3.05) is 11.7 Å². The second-order valence-corrected chi connectivity index (χ2v) is 3.43. The van der Waals surface area contributed by atoms with E-state index in [1.54, 1.807) is 6.26 Å². The molecule has 2 nitrogen and oxygen atoms in total. The number of nitrogen functional groups attached to an aromatic ring is 1. The molecular weight excluding hydrogens is 213 g/mol. The largest absolute Gasteiger partial charge is 0.418 e. The fourth-order valence-electron chi connectivity index (χ4n) is 1.02. The number of thioether (sulfide) groups is 1. The Morgan fingerprint density at radius 3 is 2.43 bits per heavy atom. The van der Waals surface area contributed by atoms with Crippen molar-refractivity contribution in [2.45, 2.75) is 11.1 Å². The van der Waals surface area contributed by atoms with E-state index in [9.17, 15) is 13.2 Å². The third-order valence-electron chi connectivity index (χ3n) is 1.69. The van der Waals surface area contributed by atoms with Crippen LogP contribution in [-0.4, -0.2) is 6.26 Å². The van der Waals surface area contributed by atoms with Crippen molar-refractivity contribution in [3.8, 4) is 0 Å². The van der Waals surface area contributed by atoms with Gasteiger partial charge in [-0.1, -0.05) is 0 Å². The lowest BCUT2D eigenvalue weighted by Crippen LogP contribution is -2.14. The number of hydrazine groups is 1. The van der Waals surface area contributed by atoms with Crippen molar-refractivity contribution in [3.05, 3.63) is 23.8 Å². The summed E-state index contributed by atoms with van der Waals surface area (Å²) in [5.74, 6) is 5.01. The van der Waals surface area contributed by atoms with Crippen LogP contribution < -0.4 is 11.3 Å². The van der Waals surface area contributed by atoms with Gasteiger partial charge in [0.25, 0.3) is 0 Å². The zero-order chi connectivity index (χ0) is 10.8. The number of hydrogen-bond acceptors (Lipinski definition) is 3. The minimum absolute atomic E-state index is 0.107. The molecule has 0 saturated heterocycles. The van der Waals surface area contributed by atoms with Crippen LogP contribution in [0.5, 0.6) is 0 Å². The van der Waals surface area contributed by atoms with Gasteiger partial charge >= 0.3 is 6.18 Å². The first kappa shape index (κ1) is 11.2. The first-order chi connectivity index (χ1) is 6.49. The van der Waals surface area contributed by atoms with Crippen molar-refractivity contribution in [1.29, 1.82) is 0 Å². The molecule has 3 N–H and O–H groups in total. The highest BCUT2D eigenvalue weighted by Gasteiger charge is 2.33. The molecule has 0 unspecified atom stereocenters. The van der Waals surface area contributed by atoms with Gasteiger partial charge in [-0.3, -0.25) is 5.84 Å². The molecule has 0 amide bonds. The van der Waals surface area contributed by atoms with Gasteiger partial charge in [-0.2, -0.15) is 13.2 Å². The highest BCUT2D eigenvalue weighted by molar-refractivity contribution is 7.98. The maximum Gasteiger partial charge on any atom is 0.418 e. The minimum atomic E-state index is -4.38. The predicted molar refractivity (Wildman–Crippen MR) is 51.0 cm³/mol. The summed E-state index contributed by atoms with van der Waals surface area (Å²) in [6.45, 7) is 0. The molecular formula is C8H9F3N2S. The molecule has 1 aromatic rings. The molecule has 0 aliphatic carbocycles. The highest BCUT2D eigenvalue weighted by Crippen LogP contribution is 2.36. The Morgan fingerprint density at radius 1 is 1.36 bits per heavy atom. The average Bonchev–Trinajstić information content (AvgIpc) is 2.15. The molecule has 0 aromatic heterocycles. The SMILES string of the molecule is CSc1ccc(C(F)(F)F)c(NN)c1. The fourth-order valence-corrected chi connectivity index (χ4v) is 1.46. The van der Waals surface area contributed by atoms with E-state index >= 15 is 0 Å². The molecule has 0 aliphatic heterocycles. The molecule has 1 aromatic carbocycles. The van der Waals surface area contributed by atoms with E-state index in [1.165, 1.54) is 23.9 Å². The lowest BCUT2D eigenvalue weighted by Gasteiger charge is -2.12. The van der Waals surface area contributed by atoms with Gasteiger partial charge in [-0.15, -0.1) is 11.8 Å². The zero-order valence-corrected chi connectivity index (χ0v) is 8.17. The topological polar surface area (TPSA) is 38.0 Å². The Balaban J connectivity index is 3.18. The molecule has 1 rings (SSSR count). The Bertz CT molecular complexity index is 325. The van der Waals surface area contributed by atoms with Crippen LogP contribution in [0.2, 0.25) is 0 Å². The molecule has 0 spiro atoms. The first-order valence-electron chi connectivity index (χ1n) is 3.71. The second-order valence-electron chi connectivity index (χ2n) is 2.55. The highest BCUT2D eigenvalue weighted by atomic mass is 32.2. The molecule has 0 fully saturated rings. The summed E-state index contributed by atoms with van der Waals surface area (Å²) in [6.07, 6.45) is -2.60. The summed E-state index contributed by atoms with van der Waals surface area (Å²) < 4.78 is 37.1. The van der Waals surface area contributed by atoms with Gasteiger partial charge < -0.3 is 5.43 Å². The van der Waals surface area contributed by atoms with Gasteiger partial charge in [0, 0.05) is 4.90 Å².